The summed E-state index contributed by atoms with van der Waals surface area (Å²) in [6.45, 7) is 6.77. The SMILES string of the molecule is CC(=O)N1CCN(C(=O)CC2CCN(C3CC3)CC2)CC1. The Balaban J connectivity index is 1.39. The smallest absolute Gasteiger partial charge is 0.222 e. The summed E-state index contributed by atoms with van der Waals surface area (Å²) >= 11 is 0. The highest BCUT2D eigenvalue weighted by atomic mass is 16.2. The quantitative estimate of drug-likeness (QED) is 0.778. The molecule has 0 aromatic rings. The summed E-state index contributed by atoms with van der Waals surface area (Å²) in [6, 6.07) is 0.862. The van der Waals surface area contributed by atoms with E-state index < -0.39 is 0 Å². The van der Waals surface area contributed by atoms with Crippen LogP contribution in [-0.2, 0) is 9.59 Å². The largest absolute Gasteiger partial charge is 0.339 e. The summed E-state index contributed by atoms with van der Waals surface area (Å²) in [5.41, 5.74) is 0. The van der Waals surface area contributed by atoms with Crippen LogP contribution in [0.3, 0.4) is 0 Å². The molecule has 0 spiro atoms. The zero-order chi connectivity index (χ0) is 14.8. The van der Waals surface area contributed by atoms with Crippen LogP contribution in [0.15, 0.2) is 0 Å². The minimum atomic E-state index is 0.120. The fourth-order valence-electron chi connectivity index (χ4n) is 3.61. The lowest BCUT2D eigenvalue weighted by Crippen LogP contribution is -2.50. The molecule has 0 radical (unpaired) electrons. The Morgan fingerprint density at radius 3 is 1.95 bits per heavy atom. The molecule has 3 fully saturated rings. The second-order valence-electron chi connectivity index (χ2n) is 6.80. The first-order chi connectivity index (χ1) is 10.1. The summed E-state index contributed by atoms with van der Waals surface area (Å²) in [6.07, 6.45) is 5.82. The molecule has 5 nitrogen and oxygen atoms in total. The van der Waals surface area contributed by atoms with Crippen molar-refractivity contribution in [3.63, 3.8) is 0 Å². The van der Waals surface area contributed by atoms with E-state index in [-0.39, 0.29) is 5.91 Å². The van der Waals surface area contributed by atoms with E-state index in [0.717, 1.165) is 6.04 Å². The molecule has 2 aliphatic heterocycles. The van der Waals surface area contributed by atoms with Gasteiger partial charge in [0.25, 0.3) is 0 Å². The van der Waals surface area contributed by atoms with Crippen LogP contribution in [-0.4, -0.2) is 71.8 Å². The number of rotatable bonds is 3. The van der Waals surface area contributed by atoms with Gasteiger partial charge < -0.3 is 14.7 Å². The Morgan fingerprint density at radius 2 is 1.43 bits per heavy atom. The van der Waals surface area contributed by atoms with Crippen LogP contribution < -0.4 is 0 Å². The van der Waals surface area contributed by atoms with E-state index in [2.05, 4.69) is 4.90 Å². The minimum absolute atomic E-state index is 0.120. The molecule has 0 aromatic heterocycles. The van der Waals surface area contributed by atoms with Crippen LogP contribution in [0.4, 0.5) is 0 Å². The molecule has 1 saturated carbocycles. The van der Waals surface area contributed by atoms with E-state index in [9.17, 15) is 9.59 Å². The van der Waals surface area contributed by atoms with Gasteiger partial charge in [-0.3, -0.25) is 9.59 Å². The third-order valence-corrected chi connectivity index (χ3v) is 5.25. The first-order valence-electron chi connectivity index (χ1n) is 8.41. The molecule has 1 aliphatic carbocycles. The minimum Gasteiger partial charge on any atom is -0.339 e. The Bertz CT molecular complexity index is 392. The van der Waals surface area contributed by atoms with Crippen LogP contribution in [0, 0.1) is 5.92 Å². The van der Waals surface area contributed by atoms with Gasteiger partial charge in [-0.25, -0.2) is 0 Å². The Labute approximate surface area is 127 Å². The second kappa shape index (κ2) is 6.34. The third-order valence-electron chi connectivity index (χ3n) is 5.25. The number of carbonyl (C=O) groups is 2. The maximum absolute atomic E-state index is 12.4. The molecule has 0 bridgehead atoms. The number of piperazine rings is 1. The number of hydrogen-bond acceptors (Lipinski definition) is 3. The van der Waals surface area contributed by atoms with Crippen molar-refractivity contribution in [1.82, 2.24) is 14.7 Å². The van der Waals surface area contributed by atoms with E-state index in [0.29, 0.717) is 44.4 Å². The summed E-state index contributed by atoms with van der Waals surface area (Å²) in [5.74, 6) is 0.982. The summed E-state index contributed by atoms with van der Waals surface area (Å²) in [7, 11) is 0. The number of likely N-dealkylation sites (tertiary alicyclic amines) is 1. The lowest BCUT2D eigenvalue weighted by atomic mass is 9.92. The Hall–Kier alpha value is -1.10. The molecule has 2 saturated heterocycles. The maximum Gasteiger partial charge on any atom is 0.222 e. The van der Waals surface area contributed by atoms with Gasteiger partial charge in [0.05, 0.1) is 0 Å². The molecule has 5 heteroatoms. The first-order valence-corrected chi connectivity index (χ1v) is 8.41. The average molecular weight is 293 g/mol. The van der Waals surface area contributed by atoms with Gasteiger partial charge in [0.2, 0.25) is 11.8 Å². The fourth-order valence-corrected chi connectivity index (χ4v) is 3.61. The van der Waals surface area contributed by atoms with Crippen LogP contribution in [0.2, 0.25) is 0 Å². The molecular weight excluding hydrogens is 266 g/mol. The fraction of sp³-hybridized carbons (Fsp3) is 0.875. The van der Waals surface area contributed by atoms with Gasteiger partial charge in [-0.15, -0.1) is 0 Å². The number of hydrogen-bond donors (Lipinski definition) is 0. The third kappa shape index (κ3) is 3.76. The number of amides is 2. The van der Waals surface area contributed by atoms with Crippen molar-refractivity contribution in [2.75, 3.05) is 39.3 Å². The number of carbonyl (C=O) groups excluding carboxylic acids is 2. The molecule has 0 N–H and O–H groups in total. The van der Waals surface area contributed by atoms with Crippen LogP contribution in [0.5, 0.6) is 0 Å². The van der Waals surface area contributed by atoms with E-state index in [1.165, 1.54) is 38.8 Å². The highest BCUT2D eigenvalue weighted by Crippen LogP contribution is 2.31. The summed E-state index contributed by atoms with van der Waals surface area (Å²) < 4.78 is 0. The van der Waals surface area contributed by atoms with Crippen molar-refractivity contribution in [2.45, 2.75) is 45.1 Å². The van der Waals surface area contributed by atoms with E-state index >= 15 is 0 Å². The second-order valence-corrected chi connectivity index (χ2v) is 6.80. The highest BCUT2D eigenvalue weighted by Gasteiger charge is 2.33. The molecule has 21 heavy (non-hydrogen) atoms. The normalized spacial score (nSPS) is 25.2. The van der Waals surface area contributed by atoms with Gasteiger partial charge in [0.15, 0.2) is 0 Å². The molecule has 3 aliphatic rings. The Morgan fingerprint density at radius 1 is 0.857 bits per heavy atom. The molecule has 0 aromatic carbocycles. The standard InChI is InChI=1S/C16H27N3O2/c1-13(20)17-8-10-19(11-9-17)16(21)12-14-4-6-18(7-5-14)15-2-3-15/h14-15H,2-12H2,1H3. The van der Waals surface area contributed by atoms with Crippen LogP contribution in [0.1, 0.15) is 39.0 Å². The molecular formula is C16H27N3O2. The van der Waals surface area contributed by atoms with Gasteiger partial charge in [0, 0.05) is 45.6 Å². The van der Waals surface area contributed by atoms with Crippen LogP contribution in [0.25, 0.3) is 0 Å². The highest BCUT2D eigenvalue weighted by molar-refractivity contribution is 5.77. The molecule has 0 unspecified atom stereocenters. The van der Waals surface area contributed by atoms with Gasteiger partial charge in [-0.05, 0) is 44.7 Å². The van der Waals surface area contributed by atoms with Crippen molar-refractivity contribution in [3.8, 4) is 0 Å². The maximum atomic E-state index is 12.4. The summed E-state index contributed by atoms with van der Waals surface area (Å²) in [4.78, 5) is 30.1. The van der Waals surface area contributed by atoms with Gasteiger partial charge in [-0.2, -0.15) is 0 Å². The van der Waals surface area contributed by atoms with E-state index in [1.54, 1.807) is 6.92 Å². The molecule has 2 amide bonds. The predicted molar refractivity (Wildman–Crippen MR) is 80.8 cm³/mol. The van der Waals surface area contributed by atoms with E-state index in [1.807, 2.05) is 9.80 Å². The summed E-state index contributed by atoms with van der Waals surface area (Å²) in [5, 5.41) is 0. The van der Waals surface area contributed by atoms with Crippen molar-refractivity contribution in [3.05, 3.63) is 0 Å². The monoisotopic (exact) mass is 293 g/mol. The molecule has 0 atom stereocenters. The van der Waals surface area contributed by atoms with Gasteiger partial charge in [0.1, 0.15) is 0 Å². The van der Waals surface area contributed by atoms with Gasteiger partial charge >= 0.3 is 0 Å². The van der Waals surface area contributed by atoms with Crippen molar-refractivity contribution >= 4 is 11.8 Å². The zero-order valence-corrected chi connectivity index (χ0v) is 13.1. The number of piperidine rings is 1. The van der Waals surface area contributed by atoms with Gasteiger partial charge in [-0.1, -0.05) is 0 Å². The topological polar surface area (TPSA) is 43.9 Å². The molecule has 2 heterocycles. The molecule has 118 valence electrons. The number of nitrogens with zero attached hydrogens (tertiary/aromatic N) is 3. The molecule has 3 rings (SSSR count). The van der Waals surface area contributed by atoms with Crippen LogP contribution >= 0.6 is 0 Å². The lowest BCUT2D eigenvalue weighted by molar-refractivity contribution is -0.139. The van der Waals surface area contributed by atoms with Crippen molar-refractivity contribution in [2.24, 2.45) is 5.92 Å². The lowest BCUT2D eigenvalue weighted by Gasteiger charge is -2.36. The van der Waals surface area contributed by atoms with Crippen molar-refractivity contribution in [1.29, 1.82) is 0 Å². The first kappa shape index (κ1) is 14.8. The van der Waals surface area contributed by atoms with E-state index in [4.69, 9.17) is 0 Å². The average Bonchev–Trinajstić information content (AvgIpc) is 3.33. The zero-order valence-electron chi connectivity index (χ0n) is 13.1. The Kier molecular flexibility index (Phi) is 4.48. The predicted octanol–water partition coefficient (Wildman–Crippen LogP) is 0.942. The van der Waals surface area contributed by atoms with Crippen molar-refractivity contribution < 1.29 is 9.59 Å².